The topological polar surface area (TPSA) is 49.4 Å². The maximum Gasteiger partial charge on any atom is 0.262 e. The quantitative estimate of drug-likeness (QED) is 0.662. The number of halogens is 1. The molecule has 0 spiro atoms. The van der Waals surface area contributed by atoms with Crippen molar-refractivity contribution in [1.82, 2.24) is 0 Å². The first kappa shape index (κ1) is 16.8. The first-order chi connectivity index (χ1) is 13.6. The fraction of sp³-hybridized carbons (Fsp3) is 0.0435. The molecule has 136 valence electrons. The average molecular weight is 387 g/mol. The van der Waals surface area contributed by atoms with Crippen LogP contribution in [-0.4, -0.2) is 17.7 Å². The number of fused-ring (bicyclic) bond motifs is 1. The van der Waals surface area contributed by atoms with E-state index in [9.17, 15) is 9.59 Å². The van der Waals surface area contributed by atoms with Crippen LogP contribution in [0, 0.1) is 0 Å². The summed E-state index contributed by atoms with van der Waals surface area (Å²) in [5, 5.41) is 3.80. The van der Waals surface area contributed by atoms with Gasteiger partial charge in [-0.05, 0) is 42.0 Å². The molecule has 5 rings (SSSR count). The number of ketones is 1. The second kappa shape index (κ2) is 6.36. The first-order valence-corrected chi connectivity index (χ1v) is 9.32. The Morgan fingerprint density at radius 3 is 2.50 bits per heavy atom. The van der Waals surface area contributed by atoms with Crippen molar-refractivity contribution in [2.75, 3.05) is 10.2 Å². The lowest BCUT2D eigenvalue weighted by Gasteiger charge is -2.37. The fourth-order valence-electron chi connectivity index (χ4n) is 3.81. The number of hydrogen-bond donors (Lipinski definition) is 1. The molecule has 3 aromatic carbocycles. The van der Waals surface area contributed by atoms with Crippen LogP contribution >= 0.6 is 11.6 Å². The standard InChI is InChI=1S/C23H15ClN2O2/c24-15-5-4-8-17(13-15)26-19-12-10-14-9-11-18(25-16-6-2-1-3-7-16)21(23(26)28)20(14)22(19)27/h1-13,19,25H. The number of nitrogens with zero attached hydrogens (tertiary/aromatic N) is 1. The summed E-state index contributed by atoms with van der Waals surface area (Å²) in [7, 11) is 0. The number of benzene rings is 3. The maximum absolute atomic E-state index is 13.5. The van der Waals surface area contributed by atoms with E-state index < -0.39 is 6.04 Å². The minimum absolute atomic E-state index is 0.0798. The van der Waals surface area contributed by atoms with Gasteiger partial charge < -0.3 is 5.32 Å². The number of para-hydroxylation sites is 1. The molecule has 1 N–H and O–H groups in total. The van der Waals surface area contributed by atoms with E-state index in [1.807, 2.05) is 48.5 Å². The Morgan fingerprint density at radius 2 is 1.71 bits per heavy atom. The second-order valence-corrected chi connectivity index (χ2v) is 7.20. The number of hydrogen-bond acceptors (Lipinski definition) is 3. The molecule has 1 amide bonds. The lowest BCUT2D eigenvalue weighted by atomic mass is 9.83. The van der Waals surface area contributed by atoms with Crippen LogP contribution in [-0.2, 0) is 0 Å². The van der Waals surface area contributed by atoms with Gasteiger partial charge in [0.15, 0.2) is 5.78 Å². The number of carbonyl (C=O) groups is 2. The molecule has 0 fully saturated rings. The summed E-state index contributed by atoms with van der Waals surface area (Å²) in [6, 6.07) is 19.7. The Morgan fingerprint density at radius 1 is 0.893 bits per heavy atom. The number of carbonyl (C=O) groups excluding carboxylic acids is 2. The van der Waals surface area contributed by atoms with Crippen molar-refractivity contribution >= 4 is 46.4 Å². The Hall–Kier alpha value is -3.37. The van der Waals surface area contributed by atoms with Crippen LogP contribution in [0.25, 0.3) is 6.08 Å². The third-order valence-electron chi connectivity index (χ3n) is 5.06. The summed E-state index contributed by atoms with van der Waals surface area (Å²) in [4.78, 5) is 28.3. The van der Waals surface area contributed by atoms with Crippen molar-refractivity contribution in [2.24, 2.45) is 0 Å². The minimum Gasteiger partial charge on any atom is -0.355 e. The van der Waals surface area contributed by atoms with Gasteiger partial charge in [-0.1, -0.05) is 54.1 Å². The number of Topliss-reactive ketones (excluding diaryl/α,β-unsaturated/α-hetero) is 1. The van der Waals surface area contributed by atoms with Crippen molar-refractivity contribution in [2.45, 2.75) is 6.04 Å². The number of rotatable bonds is 3. The molecule has 1 aliphatic carbocycles. The summed E-state index contributed by atoms with van der Waals surface area (Å²) in [5.74, 6) is -0.296. The number of amides is 1. The number of nitrogens with one attached hydrogen (secondary N) is 1. The third-order valence-corrected chi connectivity index (χ3v) is 5.30. The van der Waals surface area contributed by atoms with E-state index >= 15 is 0 Å². The molecular formula is C23H15ClN2O2. The van der Waals surface area contributed by atoms with Crippen LogP contribution in [0.1, 0.15) is 26.3 Å². The summed E-state index contributed by atoms with van der Waals surface area (Å²) >= 11 is 6.14. The van der Waals surface area contributed by atoms with Gasteiger partial charge in [0.05, 0.1) is 11.3 Å². The van der Waals surface area contributed by atoms with Crippen molar-refractivity contribution < 1.29 is 9.59 Å². The van der Waals surface area contributed by atoms with E-state index in [1.165, 1.54) is 4.90 Å². The normalized spacial score (nSPS) is 17.0. The van der Waals surface area contributed by atoms with Crippen molar-refractivity contribution in [3.05, 3.63) is 94.5 Å². The highest BCUT2D eigenvalue weighted by molar-refractivity contribution is 6.31. The van der Waals surface area contributed by atoms with E-state index in [0.29, 0.717) is 27.5 Å². The van der Waals surface area contributed by atoms with Gasteiger partial charge in [0.25, 0.3) is 5.91 Å². The molecule has 2 bridgehead atoms. The molecule has 1 aliphatic heterocycles. The van der Waals surface area contributed by atoms with Crippen LogP contribution in [0.4, 0.5) is 17.1 Å². The number of anilines is 3. The van der Waals surface area contributed by atoms with Crippen LogP contribution in [0.5, 0.6) is 0 Å². The summed E-state index contributed by atoms with van der Waals surface area (Å²) < 4.78 is 0. The molecule has 0 saturated carbocycles. The molecular weight excluding hydrogens is 372 g/mol. The molecule has 0 radical (unpaired) electrons. The van der Waals surface area contributed by atoms with E-state index in [1.54, 1.807) is 30.3 Å². The third kappa shape index (κ3) is 2.53. The van der Waals surface area contributed by atoms with Gasteiger partial charge in [-0.2, -0.15) is 0 Å². The van der Waals surface area contributed by atoms with E-state index in [4.69, 9.17) is 11.6 Å². The molecule has 5 heteroatoms. The van der Waals surface area contributed by atoms with Gasteiger partial charge >= 0.3 is 0 Å². The Balaban J connectivity index is 1.69. The predicted molar refractivity (Wildman–Crippen MR) is 112 cm³/mol. The SMILES string of the molecule is O=C1c2c3ccc(Nc4ccccc4)c2C(=O)N(c2cccc(Cl)c2)C1C=C3. The van der Waals surface area contributed by atoms with Crippen LogP contribution in [0.2, 0.25) is 5.02 Å². The molecule has 4 nitrogen and oxygen atoms in total. The highest BCUT2D eigenvalue weighted by Crippen LogP contribution is 2.39. The molecule has 1 unspecified atom stereocenters. The Kier molecular flexibility index (Phi) is 3.81. The molecule has 2 aliphatic rings. The van der Waals surface area contributed by atoms with Gasteiger partial charge in [-0.3, -0.25) is 14.5 Å². The first-order valence-electron chi connectivity index (χ1n) is 8.94. The maximum atomic E-state index is 13.5. The zero-order valence-electron chi connectivity index (χ0n) is 14.7. The molecule has 1 heterocycles. The molecule has 3 aromatic rings. The van der Waals surface area contributed by atoms with E-state index in [-0.39, 0.29) is 11.7 Å². The van der Waals surface area contributed by atoms with Crippen molar-refractivity contribution in [1.29, 1.82) is 0 Å². The molecule has 0 saturated heterocycles. The summed E-state index contributed by atoms with van der Waals surface area (Å²) in [6.45, 7) is 0. The fourth-order valence-corrected chi connectivity index (χ4v) is 3.99. The predicted octanol–water partition coefficient (Wildman–Crippen LogP) is 5.32. The smallest absolute Gasteiger partial charge is 0.262 e. The van der Waals surface area contributed by atoms with Gasteiger partial charge in [-0.25, -0.2) is 0 Å². The Labute approximate surface area is 167 Å². The van der Waals surface area contributed by atoms with E-state index in [0.717, 1.165) is 11.3 Å². The van der Waals surface area contributed by atoms with Gasteiger partial charge in [0.2, 0.25) is 0 Å². The minimum atomic E-state index is -0.655. The van der Waals surface area contributed by atoms with Gasteiger partial charge in [0.1, 0.15) is 6.04 Å². The average Bonchev–Trinajstić information content (AvgIpc) is 2.70. The molecule has 1 atom stereocenters. The van der Waals surface area contributed by atoms with E-state index in [2.05, 4.69) is 5.32 Å². The van der Waals surface area contributed by atoms with Crippen molar-refractivity contribution in [3.8, 4) is 0 Å². The van der Waals surface area contributed by atoms with Gasteiger partial charge in [0, 0.05) is 22.0 Å². The Bertz CT molecular complexity index is 1150. The van der Waals surface area contributed by atoms with Crippen LogP contribution in [0.15, 0.2) is 72.8 Å². The second-order valence-electron chi connectivity index (χ2n) is 6.77. The van der Waals surface area contributed by atoms with Crippen molar-refractivity contribution in [3.63, 3.8) is 0 Å². The molecule has 28 heavy (non-hydrogen) atoms. The van der Waals surface area contributed by atoms with Gasteiger partial charge in [-0.15, -0.1) is 0 Å². The highest BCUT2D eigenvalue weighted by atomic mass is 35.5. The lowest BCUT2D eigenvalue weighted by molar-refractivity contribution is 0.0886. The van der Waals surface area contributed by atoms with Crippen LogP contribution < -0.4 is 10.2 Å². The highest BCUT2D eigenvalue weighted by Gasteiger charge is 2.42. The van der Waals surface area contributed by atoms with Crippen LogP contribution in [0.3, 0.4) is 0 Å². The largest absolute Gasteiger partial charge is 0.355 e. The summed E-state index contributed by atoms with van der Waals surface area (Å²) in [5.41, 5.74) is 3.72. The zero-order valence-corrected chi connectivity index (χ0v) is 15.5. The molecule has 0 aromatic heterocycles. The lowest BCUT2D eigenvalue weighted by Crippen LogP contribution is -2.50. The monoisotopic (exact) mass is 386 g/mol. The zero-order chi connectivity index (χ0) is 19.3. The summed E-state index contributed by atoms with van der Waals surface area (Å²) in [6.07, 6.45) is 3.68.